The van der Waals surface area contributed by atoms with Crippen LogP contribution < -0.4 is 16.6 Å². The SMILES string of the molecule is CCCC(CNC(=O)COC(=O)/C=C/c1cn(C)c(=O)n(C)c1=O)c1ccc(Cl)cc1Cl. The number of nitrogens with one attached hydrogen (secondary N) is 1. The number of aryl methyl sites for hydroxylation is 1. The van der Waals surface area contributed by atoms with Gasteiger partial charge in [-0.3, -0.25) is 14.2 Å². The lowest BCUT2D eigenvalue weighted by molar-refractivity contribution is -0.143. The smallest absolute Gasteiger partial charge is 0.331 e. The van der Waals surface area contributed by atoms with Crippen LogP contribution in [0.3, 0.4) is 0 Å². The lowest BCUT2D eigenvalue weighted by Gasteiger charge is -2.19. The highest BCUT2D eigenvalue weighted by molar-refractivity contribution is 6.35. The van der Waals surface area contributed by atoms with Crippen molar-refractivity contribution >= 4 is 41.2 Å². The van der Waals surface area contributed by atoms with Gasteiger partial charge in [-0.15, -0.1) is 0 Å². The summed E-state index contributed by atoms with van der Waals surface area (Å²) in [6.07, 6.45) is 5.28. The van der Waals surface area contributed by atoms with Crippen molar-refractivity contribution in [2.24, 2.45) is 14.1 Å². The average molecular weight is 482 g/mol. The van der Waals surface area contributed by atoms with Gasteiger partial charge in [0, 0.05) is 48.9 Å². The minimum atomic E-state index is -0.790. The number of halogens is 2. The fourth-order valence-corrected chi connectivity index (χ4v) is 3.69. The molecule has 32 heavy (non-hydrogen) atoms. The number of nitrogens with zero attached hydrogens (tertiary/aromatic N) is 2. The molecule has 1 amide bonds. The summed E-state index contributed by atoms with van der Waals surface area (Å²) in [4.78, 5) is 47.8. The van der Waals surface area contributed by atoms with Crippen molar-refractivity contribution in [1.82, 2.24) is 14.5 Å². The molecule has 1 heterocycles. The van der Waals surface area contributed by atoms with E-state index in [1.807, 2.05) is 13.0 Å². The van der Waals surface area contributed by atoms with E-state index in [9.17, 15) is 19.2 Å². The number of carbonyl (C=O) groups is 2. The van der Waals surface area contributed by atoms with Crippen LogP contribution in [0.2, 0.25) is 10.0 Å². The molecule has 1 unspecified atom stereocenters. The second-order valence-electron chi connectivity index (χ2n) is 7.24. The van der Waals surface area contributed by atoms with E-state index < -0.39 is 29.7 Å². The zero-order valence-electron chi connectivity index (χ0n) is 18.1. The van der Waals surface area contributed by atoms with Crippen LogP contribution in [0.5, 0.6) is 0 Å². The quantitative estimate of drug-likeness (QED) is 0.438. The van der Waals surface area contributed by atoms with Crippen LogP contribution in [-0.2, 0) is 28.4 Å². The van der Waals surface area contributed by atoms with Gasteiger partial charge in [0.15, 0.2) is 6.61 Å². The summed E-state index contributed by atoms with van der Waals surface area (Å²) in [6.45, 7) is 1.89. The van der Waals surface area contributed by atoms with Crippen molar-refractivity contribution in [2.45, 2.75) is 25.7 Å². The maximum absolute atomic E-state index is 12.1. The van der Waals surface area contributed by atoms with E-state index in [4.69, 9.17) is 27.9 Å². The van der Waals surface area contributed by atoms with Gasteiger partial charge in [-0.2, -0.15) is 0 Å². The number of hydrogen-bond donors (Lipinski definition) is 1. The van der Waals surface area contributed by atoms with Crippen LogP contribution in [0.1, 0.15) is 36.8 Å². The van der Waals surface area contributed by atoms with Crippen LogP contribution in [0.4, 0.5) is 0 Å². The summed E-state index contributed by atoms with van der Waals surface area (Å²) >= 11 is 12.2. The van der Waals surface area contributed by atoms with Gasteiger partial charge in [0.1, 0.15) is 0 Å². The summed E-state index contributed by atoms with van der Waals surface area (Å²) in [5.74, 6) is -1.26. The molecule has 0 spiro atoms. The molecule has 0 saturated heterocycles. The largest absolute Gasteiger partial charge is 0.452 e. The number of rotatable bonds is 9. The fourth-order valence-electron chi connectivity index (χ4n) is 3.13. The Hall–Kier alpha value is -2.84. The highest BCUT2D eigenvalue weighted by Gasteiger charge is 2.16. The van der Waals surface area contributed by atoms with Crippen molar-refractivity contribution < 1.29 is 14.3 Å². The highest BCUT2D eigenvalue weighted by atomic mass is 35.5. The number of hydrogen-bond acceptors (Lipinski definition) is 5. The van der Waals surface area contributed by atoms with Crippen LogP contribution in [0.25, 0.3) is 6.08 Å². The minimum Gasteiger partial charge on any atom is -0.452 e. The Kier molecular flexibility index (Phi) is 9.28. The molecule has 2 rings (SSSR count). The molecule has 8 nitrogen and oxygen atoms in total. The average Bonchev–Trinajstić information content (AvgIpc) is 2.75. The predicted octanol–water partition coefficient (Wildman–Crippen LogP) is 2.65. The maximum Gasteiger partial charge on any atom is 0.331 e. The standard InChI is InChI=1S/C22H25Cl2N3O5/c1-4-5-14(17-8-7-16(23)10-18(17)24)11-25-19(28)13-32-20(29)9-6-15-12-26(2)22(31)27(3)21(15)30/h6-10,12,14H,4-5,11,13H2,1-3H3,(H,25,28)/b9-6+. The molecule has 0 aliphatic carbocycles. The summed E-state index contributed by atoms with van der Waals surface area (Å²) in [7, 11) is 2.83. The van der Waals surface area contributed by atoms with Crippen molar-refractivity contribution in [3.63, 3.8) is 0 Å². The molecule has 1 N–H and O–H groups in total. The molecular weight excluding hydrogens is 457 g/mol. The first kappa shape index (κ1) is 25.4. The van der Waals surface area contributed by atoms with E-state index in [-0.39, 0.29) is 11.5 Å². The molecule has 1 aromatic heterocycles. The zero-order chi connectivity index (χ0) is 23.8. The third kappa shape index (κ3) is 6.83. The number of ether oxygens (including phenoxy) is 1. The molecule has 0 fully saturated rings. The van der Waals surface area contributed by atoms with Crippen LogP contribution in [-0.4, -0.2) is 34.2 Å². The number of esters is 1. The van der Waals surface area contributed by atoms with E-state index >= 15 is 0 Å². The first-order valence-electron chi connectivity index (χ1n) is 9.97. The van der Waals surface area contributed by atoms with Crippen molar-refractivity contribution in [2.75, 3.05) is 13.2 Å². The highest BCUT2D eigenvalue weighted by Crippen LogP contribution is 2.30. The van der Waals surface area contributed by atoms with Crippen LogP contribution in [0.15, 0.2) is 40.1 Å². The molecular formula is C22H25Cl2N3O5. The van der Waals surface area contributed by atoms with Gasteiger partial charge in [0.05, 0.1) is 5.56 Å². The van der Waals surface area contributed by atoms with Gasteiger partial charge in [0.25, 0.3) is 11.5 Å². The van der Waals surface area contributed by atoms with E-state index in [0.717, 1.165) is 29.0 Å². The molecule has 0 bridgehead atoms. The number of carbonyl (C=O) groups excluding carboxylic acids is 2. The molecule has 1 atom stereocenters. The Bertz CT molecular complexity index is 1140. The Morgan fingerprint density at radius 1 is 1.22 bits per heavy atom. The van der Waals surface area contributed by atoms with Gasteiger partial charge in [0.2, 0.25) is 0 Å². The van der Waals surface area contributed by atoms with E-state index in [1.54, 1.807) is 12.1 Å². The van der Waals surface area contributed by atoms with Crippen molar-refractivity contribution in [3.8, 4) is 0 Å². The lowest BCUT2D eigenvalue weighted by atomic mass is 9.94. The minimum absolute atomic E-state index is 0.00902. The Morgan fingerprint density at radius 2 is 1.94 bits per heavy atom. The predicted molar refractivity (Wildman–Crippen MR) is 124 cm³/mol. The van der Waals surface area contributed by atoms with Gasteiger partial charge >= 0.3 is 11.7 Å². The molecule has 0 saturated carbocycles. The monoisotopic (exact) mass is 481 g/mol. The molecule has 0 aliphatic heterocycles. The Labute approximate surface area is 195 Å². The van der Waals surface area contributed by atoms with Gasteiger partial charge < -0.3 is 14.6 Å². The summed E-state index contributed by atoms with van der Waals surface area (Å²) < 4.78 is 7.08. The molecule has 172 valence electrons. The van der Waals surface area contributed by atoms with Crippen LogP contribution >= 0.6 is 23.2 Å². The van der Waals surface area contributed by atoms with E-state index in [0.29, 0.717) is 16.6 Å². The van der Waals surface area contributed by atoms with Crippen molar-refractivity contribution in [1.29, 1.82) is 0 Å². The van der Waals surface area contributed by atoms with Crippen molar-refractivity contribution in [3.05, 3.63) is 72.5 Å². The summed E-state index contributed by atoms with van der Waals surface area (Å²) in [6, 6.07) is 5.25. The molecule has 1 aromatic carbocycles. The first-order chi connectivity index (χ1) is 15.1. The van der Waals surface area contributed by atoms with Gasteiger partial charge in [-0.25, -0.2) is 9.59 Å². The zero-order valence-corrected chi connectivity index (χ0v) is 19.6. The number of aromatic nitrogens is 2. The van der Waals surface area contributed by atoms with Crippen LogP contribution in [0, 0.1) is 0 Å². The topological polar surface area (TPSA) is 99.4 Å². The molecule has 10 heteroatoms. The third-order valence-corrected chi connectivity index (χ3v) is 5.36. The normalized spacial score (nSPS) is 12.0. The van der Waals surface area contributed by atoms with Gasteiger partial charge in [-0.1, -0.05) is 42.6 Å². The molecule has 2 aromatic rings. The fraction of sp³-hybridized carbons (Fsp3) is 0.364. The second kappa shape index (κ2) is 11.7. The maximum atomic E-state index is 12.1. The molecule has 0 aliphatic rings. The summed E-state index contributed by atoms with van der Waals surface area (Å²) in [5.41, 5.74) is 0.000574. The lowest BCUT2D eigenvalue weighted by Crippen LogP contribution is -2.37. The Balaban J connectivity index is 1.92. The third-order valence-electron chi connectivity index (χ3n) is 4.80. The Morgan fingerprint density at radius 3 is 2.59 bits per heavy atom. The summed E-state index contributed by atoms with van der Waals surface area (Å²) in [5, 5.41) is 3.81. The van der Waals surface area contributed by atoms with E-state index in [1.165, 1.54) is 30.9 Å². The van der Waals surface area contributed by atoms with Gasteiger partial charge in [-0.05, 0) is 30.2 Å². The number of amides is 1. The molecule has 0 radical (unpaired) electrons. The first-order valence-corrected chi connectivity index (χ1v) is 10.7. The van der Waals surface area contributed by atoms with E-state index in [2.05, 4.69) is 5.32 Å². The second-order valence-corrected chi connectivity index (χ2v) is 8.08. The number of benzene rings is 1.